The van der Waals surface area contributed by atoms with Gasteiger partial charge in [-0.3, -0.25) is 9.89 Å². The van der Waals surface area contributed by atoms with Crippen molar-refractivity contribution >= 4 is 11.7 Å². The van der Waals surface area contributed by atoms with E-state index in [1.807, 2.05) is 0 Å². The molecule has 0 saturated heterocycles. The van der Waals surface area contributed by atoms with Gasteiger partial charge in [-0.15, -0.1) is 0 Å². The summed E-state index contributed by atoms with van der Waals surface area (Å²) in [5.74, 6) is -0.0779. The molecule has 0 aliphatic carbocycles. The van der Waals surface area contributed by atoms with Crippen molar-refractivity contribution < 1.29 is 13.9 Å². The second-order valence-electron chi connectivity index (χ2n) is 4.68. The van der Waals surface area contributed by atoms with E-state index in [1.165, 1.54) is 25.4 Å². The number of anilines is 1. The average molecular weight is 312 g/mol. The lowest BCUT2D eigenvalue weighted by molar-refractivity contribution is 0.102. The van der Waals surface area contributed by atoms with E-state index in [1.54, 1.807) is 30.5 Å². The summed E-state index contributed by atoms with van der Waals surface area (Å²) < 4.78 is 18.1. The number of aromatic nitrogens is 3. The first kappa shape index (κ1) is 14.7. The molecule has 0 radical (unpaired) electrons. The van der Waals surface area contributed by atoms with Crippen LogP contribution < -0.4 is 10.1 Å². The number of hydrogen-bond donors (Lipinski definition) is 2. The number of hydrogen-bond acceptors (Lipinski definition) is 4. The van der Waals surface area contributed by atoms with E-state index < -0.39 is 0 Å². The molecule has 3 aromatic rings. The van der Waals surface area contributed by atoms with E-state index in [0.717, 1.165) is 5.56 Å². The highest BCUT2D eigenvalue weighted by Crippen LogP contribution is 2.26. The van der Waals surface area contributed by atoms with Gasteiger partial charge in [-0.2, -0.15) is 5.10 Å². The van der Waals surface area contributed by atoms with Crippen molar-refractivity contribution in [1.82, 2.24) is 15.2 Å². The molecular formula is C16H13FN4O2. The average Bonchev–Trinajstić information content (AvgIpc) is 3.03. The number of aromatic amines is 1. The highest BCUT2D eigenvalue weighted by molar-refractivity contribution is 6.06. The first-order chi connectivity index (χ1) is 11.2. The molecule has 7 heteroatoms. The first-order valence-electron chi connectivity index (χ1n) is 6.78. The Morgan fingerprint density at radius 3 is 2.78 bits per heavy atom. The van der Waals surface area contributed by atoms with Gasteiger partial charge in [-0.1, -0.05) is 12.1 Å². The summed E-state index contributed by atoms with van der Waals surface area (Å²) in [6.45, 7) is 0. The normalized spacial score (nSPS) is 10.3. The van der Waals surface area contributed by atoms with Crippen LogP contribution in [-0.2, 0) is 0 Å². The number of H-pyrrole nitrogens is 1. The number of benzene rings is 1. The van der Waals surface area contributed by atoms with Crippen molar-refractivity contribution in [2.45, 2.75) is 0 Å². The molecule has 0 unspecified atom stereocenters. The third kappa shape index (κ3) is 3.03. The summed E-state index contributed by atoms with van der Waals surface area (Å²) in [6.07, 6.45) is 3.10. The quantitative estimate of drug-likeness (QED) is 0.776. The molecule has 2 N–H and O–H groups in total. The molecule has 0 aliphatic heterocycles. The molecule has 23 heavy (non-hydrogen) atoms. The Labute approximate surface area is 131 Å². The Morgan fingerprint density at radius 2 is 2.04 bits per heavy atom. The van der Waals surface area contributed by atoms with E-state index >= 15 is 0 Å². The number of carbonyl (C=O) groups excluding carboxylic acids is 1. The van der Waals surface area contributed by atoms with Gasteiger partial charge in [0.25, 0.3) is 5.91 Å². The maximum Gasteiger partial charge on any atom is 0.262 e. The lowest BCUT2D eigenvalue weighted by Gasteiger charge is -2.08. The molecule has 0 saturated carbocycles. The number of ether oxygens (including phenoxy) is 1. The molecule has 1 aromatic carbocycles. The monoisotopic (exact) mass is 312 g/mol. The van der Waals surface area contributed by atoms with Crippen LogP contribution in [0.2, 0.25) is 0 Å². The second kappa shape index (κ2) is 6.27. The van der Waals surface area contributed by atoms with Crippen LogP contribution >= 0.6 is 0 Å². The van der Waals surface area contributed by atoms with Crippen molar-refractivity contribution in [2.75, 3.05) is 12.4 Å². The molecule has 0 fully saturated rings. The first-order valence-corrected chi connectivity index (χ1v) is 6.78. The summed E-state index contributed by atoms with van der Waals surface area (Å²) in [5.41, 5.74) is 1.68. The third-order valence-electron chi connectivity index (χ3n) is 3.24. The fourth-order valence-corrected chi connectivity index (χ4v) is 2.14. The molecule has 0 aliphatic rings. The van der Waals surface area contributed by atoms with E-state index in [2.05, 4.69) is 20.5 Å². The Balaban J connectivity index is 1.88. The molecule has 3 rings (SSSR count). The smallest absolute Gasteiger partial charge is 0.262 e. The number of carbonyl (C=O) groups is 1. The number of nitrogens with one attached hydrogen (secondary N) is 2. The molecule has 2 aromatic heterocycles. The van der Waals surface area contributed by atoms with Gasteiger partial charge in [0.1, 0.15) is 17.2 Å². The maximum absolute atomic E-state index is 13.0. The highest BCUT2D eigenvalue weighted by atomic mass is 19.1. The Bertz CT molecular complexity index is 830. The zero-order valence-electron chi connectivity index (χ0n) is 12.2. The maximum atomic E-state index is 13.0. The number of rotatable bonds is 4. The number of nitrogens with zero attached hydrogens (tertiary/aromatic N) is 2. The van der Waals surface area contributed by atoms with Gasteiger partial charge < -0.3 is 10.1 Å². The number of methoxy groups -OCH3 is 1. The molecule has 116 valence electrons. The molecule has 1 amide bonds. The Morgan fingerprint density at radius 1 is 1.26 bits per heavy atom. The van der Waals surface area contributed by atoms with Crippen LogP contribution in [0, 0.1) is 5.82 Å². The summed E-state index contributed by atoms with van der Waals surface area (Å²) >= 11 is 0. The Kier molecular flexibility index (Phi) is 4.01. The van der Waals surface area contributed by atoms with Gasteiger partial charge in [-0.25, -0.2) is 9.37 Å². The predicted octanol–water partition coefficient (Wildman–Crippen LogP) is 2.87. The van der Waals surface area contributed by atoms with Gasteiger partial charge in [-0.05, 0) is 29.8 Å². The van der Waals surface area contributed by atoms with Crippen LogP contribution in [0.1, 0.15) is 10.4 Å². The number of halogens is 1. The van der Waals surface area contributed by atoms with Crippen LogP contribution in [0.15, 0.2) is 48.8 Å². The molecule has 2 heterocycles. The van der Waals surface area contributed by atoms with Crippen molar-refractivity contribution in [2.24, 2.45) is 0 Å². The number of amides is 1. The van der Waals surface area contributed by atoms with Crippen molar-refractivity contribution in [1.29, 1.82) is 0 Å². The second-order valence-corrected chi connectivity index (χ2v) is 4.68. The minimum absolute atomic E-state index is 0.229. The summed E-state index contributed by atoms with van der Waals surface area (Å²) in [6, 6.07) is 9.16. The van der Waals surface area contributed by atoms with Gasteiger partial charge in [0, 0.05) is 11.8 Å². The van der Waals surface area contributed by atoms with E-state index in [0.29, 0.717) is 16.9 Å². The topological polar surface area (TPSA) is 79.9 Å². The molecule has 0 atom stereocenters. The van der Waals surface area contributed by atoms with Crippen molar-refractivity contribution in [3.63, 3.8) is 0 Å². The van der Waals surface area contributed by atoms with Crippen molar-refractivity contribution in [3.8, 4) is 17.0 Å². The summed E-state index contributed by atoms with van der Waals surface area (Å²) in [5, 5.41) is 9.37. The van der Waals surface area contributed by atoms with Crippen LogP contribution in [0.4, 0.5) is 10.2 Å². The Hall–Kier alpha value is -3.22. The SMILES string of the molecule is COc1ncccc1C(=O)Nc1[nH]ncc1-c1ccc(F)cc1. The molecule has 6 nitrogen and oxygen atoms in total. The molecule has 0 bridgehead atoms. The third-order valence-corrected chi connectivity index (χ3v) is 3.24. The minimum Gasteiger partial charge on any atom is -0.480 e. The summed E-state index contributed by atoms with van der Waals surface area (Å²) in [7, 11) is 1.44. The summed E-state index contributed by atoms with van der Waals surface area (Å²) in [4.78, 5) is 16.4. The van der Waals surface area contributed by atoms with Gasteiger partial charge in [0.2, 0.25) is 5.88 Å². The van der Waals surface area contributed by atoms with Crippen LogP contribution in [-0.4, -0.2) is 28.2 Å². The van der Waals surface area contributed by atoms with Crippen LogP contribution in [0.5, 0.6) is 5.88 Å². The number of pyridine rings is 1. The zero-order valence-corrected chi connectivity index (χ0v) is 12.2. The van der Waals surface area contributed by atoms with Crippen LogP contribution in [0.3, 0.4) is 0 Å². The van der Waals surface area contributed by atoms with E-state index in [-0.39, 0.29) is 17.6 Å². The van der Waals surface area contributed by atoms with E-state index in [9.17, 15) is 9.18 Å². The van der Waals surface area contributed by atoms with Gasteiger partial charge >= 0.3 is 0 Å². The molecular weight excluding hydrogens is 299 g/mol. The van der Waals surface area contributed by atoms with Gasteiger partial charge in [0.05, 0.1) is 13.3 Å². The largest absolute Gasteiger partial charge is 0.480 e. The van der Waals surface area contributed by atoms with Crippen LogP contribution in [0.25, 0.3) is 11.1 Å². The standard InChI is InChI=1S/C16H13FN4O2/c1-23-16-12(3-2-8-18-16)15(22)20-14-13(9-19-21-14)10-4-6-11(17)7-5-10/h2-9H,1H3,(H2,19,20,21,22). The lowest BCUT2D eigenvalue weighted by atomic mass is 10.1. The fraction of sp³-hybridized carbons (Fsp3) is 0.0625. The van der Waals surface area contributed by atoms with E-state index in [4.69, 9.17) is 4.74 Å². The predicted molar refractivity (Wildman–Crippen MR) is 82.7 cm³/mol. The van der Waals surface area contributed by atoms with Crippen molar-refractivity contribution in [3.05, 3.63) is 60.2 Å². The van der Waals surface area contributed by atoms with Gasteiger partial charge in [0.15, 0.2) is 0 Å². The zero-order chi connectivity index (χ0) is 16.2. The fourth-order valence-electron chi connectivity index (χ4n) is 2.14. The lowest BCUT2D eigenvalue weighted by Crippen LogP contribution is -2.14. The minimum atomic E-state index is -0.387. The highest BCUT2D eigenvalue weighted by Gasteiger charge is 2.16. The molecule has 0 spiro atoms.